The number of carbonyl (C=O) groups excluding carboxylic acids is 1. The first-order chi connectivity index (χ1) is 11.4. The average molecular weight is 374 g/mol. The second-order valence-electron chi connectivity index (χ2n) is 5.60. The molecule has 0 aromatic heterocycles. The zero-order valence-corrected chi connectivity index (χ0v) is 14.5. The zero-order chi connectivity index (χ0) is 17.7. The van der Waals surface area contributed by atoms with E-state index in [0.29, 0.717) is 31.7 Å². The fourth-order valence-corrected chi connectivity index (χ4v) is 2.69. The number of carboxylic acids is 1. The number of carboxylic acid groups (broad SMARTS) is 1. The fraction of sp³-hybridized carbons (Fsp3) is 0.467. The second-order valence-corrected chi connectivity index (χ2v) is 5.60. The number of rotatable bonds is 6. The maximum Gasteiger partial charge on any atom is 0.307 e. The largest absolute Gasteiger partial charge is 0.496 e. The molecular formula is C15H20ClN3O6. The summed E-state index contributed by atoms with van der Waals surface area (Å²) in [4.78, 5) is 35.4. The molecule has 0 aliphatic carbocycles. The van der Waals surface area contributed by atoms with Gasteiger partial charge in [-0.3, -0.25) is 24.6 Å². The van der Waals surface area contributed by atoms with E-state index >= 15 is 0 Å². The van der Waals surface area contributed by atoms with Crippen molar-refractivity contribution in [3.63, 3.8) is 0 Å². The molecule has 0 bridgehead atoms. The molecule has 1 aliphatic rings. The molecule has 10 heteroatoms. The van der Waals surface area contributed by atoms with Gasteiger partial charge in [0, 0.05) is 6.54 Å². The van der Waals surface area contributed by atoms with Crippen molar-refractivity contribution in [2.45, 2.75) is 12.8 Å². The van der Waals surface area contributed by atoms with E-state index in [2.05, 4.69) is 5.32 Å². The van der Waals surface area contributed by atoms with Crippen LogP contribution in [0.3, 0.4) is 0 Å². The predicted molar refractivity (Wildman–Crippen MR) is 92.3 cm³/mol. The molecule has 2 rings (SSSR count). The highest BCUT2D eigenvalue weighted by molar-refractivity contribution is 5.94. The van der Waals surface area contributed by atoms with Gasteiger partial charge in [-0.2, -0.15) is 0 Å². The molecule has 1 fully saturated rings. The summed E-state index contributed by atoms with van der Waals surface area (Å²) in [6.45, 7) is 0.919. The number of piperidine rings is 1. The smallest absolute Gasteiger partial charge is 0.307 e. The van der Waals surface area contributed by atoms with Crippen LogP contribution in [0.15, 0.2) is 18.2 Å². The molecule has 0 spiro atoms. The monoisotopic (exact) mass is 373 g/mol. The molecule has 2 N–H and O–H groups in total. The number of anilines is 1. The number of ether oxygens (including phenoxy) is 1. The van der Waals surface area contributed by atoms with Gasteiger partial charge in [0.15, 0.2) is 0 Å². The number of nitrogens with zero attached hydrogens (tertiary/aromatic N) is 2. The highest BCUT2D eigenvalue weighted by Gasteiger charge is 2.27. The first-order valence-electron chi connectivity index (χ1n) is 7.48. The van der Waals surface area contributed by atoms with Crippen LogP contribution >= 0.6 is 12.4 Å². The second kappa shape index (κ2) is 9.19. The lowest BCUT2D eigenvalue weighted by molar-refractivity contribution is -0.384. The minimum Gasteiger partial charge on any atom is -0.496 e. The number of methoxy groups -OCH3 is 1. The number of halogens is 1. The van der Waals surface area contributed by atoms with Gasteiger partial charge in [-0.25, -0.2) is 0 Å². The van der Waals surface area contributed by atoms with E-state index in [1.54, 1.807) is 4.90 Å². The number of amides is 1. The molecule has 1 aliphatic heterocycles. The minimum absolute atomic E-state index is 0. The summed E-state index contributed by atoms with van der Waals surface area (Å²) in [5, 5.41) is 22.7. The number of hydrogen-bond donors (Lipinski definition) is 2. The molecule has 1 aromatic rings. The van der Waals surface area contributed by atoms with Crippen molar-refractivity contribution in [2.75, 3.05) is 32.1 Å². The van der Waals surface area contributed by atoms with Crippen LogP contribution in [0.25, 0.3) is 0 Å². The molecule has 0 radical (unpaired) electrons. The molecule has 1 amide bonds. The van der Waals surface area contributed by atoms with Crippen molar-refractivity contribution in [1.82, 2.24) is 4.90 Å². The Morgan fingerprint density at radius 3 is 2.80 bits per heavy atom. The Morgan fingerprint density at radius 1 is 1.48 bits per heavy atom. The molecule has 1 unspecified atom stereocenters. The molecule has 25 heavy (non-hydrogen) atoms. The van der Waals surface area contributed by atoms with E-state index < -0.39 is 22.7 Å². The Morgan fingerprint density at radius 2 is 2.20 bits per heavy atom. The van der Waals surface area contributed by atoms with Crippen molar-refractivity contribution in [2.24, 2.45) is 5.92 Å². The summed E-state index contributed by atoms with van der Waals surface area (Å²) in [5.74, 6) is -1.46. The first kappa shape index (κ1) is 20.7. The van der Waals surface area contributed by atoms with Crippen LogP contribution in [0.1, 0.15) is 12.8 Å². The lowest BCUT2D eigenvalue weighted by Gasteiger charge is -2.29. The Bertz CT molecular complexity index is 654. The van der Waals surface area contributed by atoms with Crippen LogP contribution in [0.4, 0.5) is 11.4 Å². The standard InChI is InChI=1S/C15H19N3O6.ClH/c1-24-11-4-5-12(13(7-11)18(22)23)16-14(19)9-17-6-2-3-10(8-17)15(20)21;/h4-5,7,10H,2-3,6,8-9H2,1H3,(H,16,19)(H,20,21);1H. The SMILES string of the molecule is COc1ccc(NC(=O)CN2CCCC(C(=O)O)C2)c([N+](=O)[O-])c1.Cl. The number of nitro benzene ring substituents is 1. The number of nitrogens with one attached hydrogen (secondary N) is 1. The van der Waals surface area contributed by atoms with E-state index in [1.807, 2.05) is 0 Å². The number of likely N-dealkylation sites (tertiary alicyclic amines) is 1. The fourth-order valence-electron chi connectivity index (χ4n) is 2.69. The van der Waals surface area contributed by atoms with E-state index in [9.17, 15) is 19.7 Å². The van der Waals surface area contributed by atoms with Crippen LogP contribution in [0, 0.1) is 16.0 Å². The van der Waals surface area contributed by atoms with Gasteiger partial charge in [0.2, 0.25) is 5.91 Å². The van der Waals surface area contributed by atoms with E-state index in [4.69, 9.17) is 9.84 Å². The molecular weight excluding hydrogens is 354 g/mol. The summed E-state index contributed by atoms with van der Waals surface area (Å²) in [6.07, 6.45) is 1.30. The Labute approximate surface area is 150 Å². The summed E-state index contributed by atoms with van der Waals surface area (Å²) >= 11 is 0. The van der Waals surface area contributed by atoms with Gasteiger partial charge in [0.1, 0.15) is 11.4 Å². The maximum atomic E-state index is 12.1. The summed E-state index contributed by atoms with van der Waals surface area (Å²) in [7, 11) is 1.40. The normalized spacial score (nSPS) is 17.2. The maximum absolute atomic E-state index is 12.1. The Balaban J connectivity index is 0.00000312. The van der Waals surface area contributed by atoms with Crippen LogP contribution < -0.4 is 10.1 Å². The Hall–Kier alpha value is -2.39. The zero-order valence-electron chi connectivity index (χ0n) is 13.6. The van der Waals surface area contributed by atoms with Crippen LogP contribution in [-0.2, 0) is 9.59 Å². The van der Waals surface area contributed by atoms with Crippen molar-refractivity contribution in [3.8, 4) is 5.75 Å². The third-order valence-corrected chi connectivity index (χ3v) is 3.90. The molecule has 1 heterocycles. The molecule has 1 atom stereocenters. The topological polar surface area (TPSA) is 122 Å². The van der Waals surface area contributed by atoms with Crippen LogP contribution in [-0.4, -0.2) is 53.6 Å². The molecule has 138 valence electrons. The van der Waals surface area contributed by atoms with E-state index in [0.717, 1.165) is 0 Å². The van der Waals surface area contributed by atoms with Crippen molar-refractivity contribution < 1.29 is 24.4 Å². The lowest BCUT2D eigenvalue weighted by atomic mass is 9.98. The molecule has 1 aromatic carbocycles. The summed E-state index contributed by atoms with van der Waals surface area (Å²) in [5.41, 5.74) is -0.178. The average Bonchev–Trinajstić information content (AvgIpc) is 2.55. The number of benzene rings is 1. The number of aliphatic carboxylic acids is 1. The minimum atomic E-state index is -0.870. The van der Waals surface area contributed by atoms with Gasteiger partial charge in [-0.1, -0.05) is 0 Å². The number of nitro groups is 1. The van der Waals surface area contributed by atoms with E-state index in [-0.39, 0.29) is 30.3 Å². The Kier molecular flexibility index (Phi) is 7.59. The van der Waals surface area contributed by atoms with Crippen molar-refractivity contribution >= 4 is 35.7 Å². The quantitative estimate of drug-likeness (QED) is 0.575. The third kappa shape index (κ3) is 5.57. The predicted octanol–water partition coefficient (Wildman–Crippen LogP) is 1.76. The van der Waals surface area contributed by atoms with Gasteiger partial charge in [0.25, 0.3) is 5.69 Å². The van der Waals surface area contributed by atoms with Gasteiger partial charge >= 0.3 is 5.97 Å². The van der Waals surface area contributed by atoms with Gasteiger partial charge in [-0.05, 0) is 31.5 Å². The van der Waals surface area contributed by atoms with Gasteiger partial charge < -0.3 is 15.2 Å². The van der Waals surface area contributed by atoms with Crippen LogP contribution in [0.2, 0.25) is 0 Å². The third-order valence-electron chi connectivity index (χ3n) is 3.90. The molecule has 0 saturated carbocycles. The van der Waals surface area contributed by atoms with Crippen molar-refractivity contribution in [1.29, 1.82) is 0 Å². The van der Waals surface area contributed by atoms with Gasteiger partial charge in [0.05, 0.1) is 30.6 Å². The molecule has 9 nitrogen and oxygen atoms in total. The highest BCUT2D eigenvalue weighted by atomic mass is 35.5. The highest BCUT2D eigenvalue weighted by Crippen LogP contribution is 2.29. The number of carbonyl (C=O) groups is 2. The van der Waals surface area contributed by atoms with Gasteiger partial charge in [-0.15, -0.1) is 12.4 Å². The first-order valence-corrected chi connectivity index (χ1v) is 7.48. The number of hydrogen-bond acceptors (Lipinski definition) is 6. The molecule has 1 saturated heterocycles. The lowest BCUT2D eigenvalue weighted by Crippen LogP contribution is -2.42. The summed E-state index contributed by atoms with van der Waals surface area (Å²) < 4.78 is 4.94. The summed E-state index contributed by atoms with van der Waals surface area (Å²) in [6, 6.07) is 4.16. The van der Waals surface area contributed by atoms with E-state index in [1.165, 1.54) is 25.3 Å². The van der Waals surface area contributed by atoms with Crippen LogP contribution in [0.5, 0.6) is 5.75 Å². The van der Waals surface area contributed by atoms with Crippen molar-refractivity contribution in [3.05, 3.63) is 28.3 Å².